The number of rotatable bonds is 6. The Morgan fingerprint density at radius 1 is 1.38 bits per heavy atom. The van der Waals surface area contributed by atoms with Gasteiger partial charge in [-0.2, -0.15) is 0 Å². The molecule has 6 N–H and O–H groups in total. The molecule has 0 amide bonds. The summed E-state index contributed by atoms with van der Waals surface area (Å²) in [4.78, 5) is 16.4. The lowest BCUT2D eigenvalue weighted by Gasteiger charge is -2.52. The van der Waals surface area contributed by atoms with Gasteiger partial charge < -0.3 is 26.6 Å². The molecule has 3 aliphatic rings. The standard InChI is InChI=1S/C19H32N4O3/c1-11-4-5-12-8-13-15(16(25)26)14(24)9-19(11,13)18(12,2)10-23-17(20)22-7-6-21-3/h11-12,14,21,24H,4-10H2,1-3H3,(H,25,26)(H3,20,22,23). The van der Waals surface area contributed by atoms with Gasteiger partial charge in [-0.3, -0.25) is 4.99 Å². The van der Waals surface area contributed by atoms with Crippen molar-refractivity contribution in [2.24, 2.45) is 33.4 Å². The van der Waals surface area contributed by atoms with Crippen LogP contribution < -0.4 is 16.4 Å². The first-order chi connectivity index (χ1) is 12.3. The first-order valence-corrected chi connectivity index (χ1v) is 9.61. The maximum atomic E-state index is 11.8. The summed E-state index contributed by atoms with van der Waals surface area (Å²) in [6.45, 7) is 6.50. The van der Waals surface area contributed by atoms with Crippen LogP contribution in [0.3, 0.4) is 0 Å². The second-order valence-electron chi connectivity index (χ2n) is 8.42. The normalized spacial score (nSPS) is 39.2. The minimum absolute atomic E-state index is 0.173. The molecule has 0 radical (unpaired) electrons. The number of allylic oxidation sites excluding steroid dienone is 1. The average Bonchev–Trinajstić information content (AvgIpc) is 2.94. The highest BCUT2D eigenvalue weighted by molar-refractivity contribution is 5.90. The van der Waals surface area contributed by atoms with Crippen LogP contribution in [0, 0.1) is 22.7 Å². The summed E-state index contributed by atoms with van der Waals surface area (Å²) in [5.74, 6) is 0.187. The molecule has 7 nitrogen and oxygen atoms in total. The van der Waals surface area contributed by atoms with Crippen LogP contribution in [0.2, 0.25) is 0 Å². The number of nitrogens with zero attached hydrogens (tertiary/aromatic N) is 1. The van der Waals surface area contributed by atoms with Crippen LogP contribution in [-0.4, -0.2) is 54.9 Å². The lowest BCUT2D eigenvalue weighted by molar-refractivity contribution is -0.133. The Morgan fingerprint density at radius 2 is 2.12 bits per heavy atom. The van der Waals surface area contributed by atoms with Gasteiger partial charge in [0.15, 0.2) is 5.96 Å². The topological polar surface area (TPSA) is 120 Å². The van der Waals surface area contributed by atoms with Crippen molar-refractivity contribution in [3.63, 3.8) is 0 Å². The maximum absolute atomic E-state index is 11.8. The van der Waals surface area contributed by atoms with E-state index in [1.165, 1.54) is 0 Å². The third-order valence-electron chi connectivity index (χ3n) is 7.36. The van der Waals surface area contributed by atoms with Crippen molar-refractivity contribution in [2.75, 3.05) is 26.7 Å². The molecule has 2 fully saturated rings. The summed E-state index contributed by atoms with van der Waals surface area (Å²) < 4.78 is 0. The summed E-state index contributed by atoms with van der Waals surface area (Å²) in [6.07, 6.45) is 2.54. The monoisotopic (exact) mass is 364 g/mol. The number of fused-ring (bicyclic) bond motifs is 1. The third-order valence-corrected chi connectivity index (χ3v) is 7.36. The van der Waals surface area contributed by atoms with E-state index in [1.54, 1.807) is 0 Å². The molecule has 2 saturated carbocycles. The fourth-order valence-electron chi connectivity index (χ4n) is 6.02. The van der Waals surface area contributed by atoms with Crippen LogP contribution in [0.1, 0.15) is 39.5 Å². The molecule has 26 heavy (non-hydrogen) atoms. The van der Waals surface area contributed by atoms with Gasteiger partial charge in [0.05, 0.1) is 11.7 Å². The van der Waals surface area contributed by atoms with Crippen LogP contribution in [0.25, 0.3) is 0 Å². The first kappa shape index (κ1) is 19.2. The van der Waals surface area contributed by atoms with E-state index in [-0.39, 0.29) is 16.4 Å². The molecule has 146 valence electrons. The van der Waals surface area contributed by atoms with E-state index in [9.17, 15) is 15.0 Å². The molecule has 0 aromatic carbocycles. The Kier molecular flexibility index (Phi) is 5.05. The second-order valence-corrected chi connectivity index (χ2v) is 8.42. The van der Waals surface area contributed by atoms with Crippen LogP contribution in [0.4, 0.5) is 0 Å². The van der Waals surface area contributed by atoms with Gasteiger partial charge in [0, 0.05) is 30.5 Å². The number of aliphatic imine (C=N–C) groups is 1. The molecule has 0 aromatic heterocycles. The fraction of sp³-hybridized carbons (Fsp3) is 0.789. The van der Waals surface area contributed by atoms with E-state index in [2.05, 4.69) is 29.5 Å². The molecule has 3 aliphatic carbocycles. The average molecular weight is 364 g/mol. The molecule has 2 bridgehead atoms. The molecule has 0 heterocycles. The Hall–Kier alpha value is -1.60. The Balaban J connectivity index is 1.93. The number of aliphatic carboxylic acids is 1. The number of aliphatic hydroxyl groups is 1. The number of carboxylic acids is 1. The van der Waals surface area contributed by atoms with Gasteiger partial charge >= 0.3 is 5.97 Å². The van der Waals surface area contributed by atoms with Crippen molar-refractivity contribution in [2.45, 2.75) is 45.6 Å². The van der Waals surface area contributed by atoms with Gasteiger partial charge in [0.25, 0.3) is 0 Å². The predicted molar refractivity (Wildman–Crippen MR) is 101 cm³/mol. The number of guanidine groups is 1. The first-order valence-electron chi connectivity index (χ1n) is 9.61. The quantitative estimate of drug-likeness (QED) is 0.269. The SMILES string of the molecule is CNCCNC(N)=NCC1(C)C2CCC(C)C13CC(O)C(C(=O)O)=C3C2. The largest absolute Gasteiger partial charge is 0.478 e. The molecule has 7 heteroatoms. The zero-order valence-electron chi connectivity index (χ0n) is 16.0. The van der Waals surface area contributed by atoms with Crippen molar-refractivity contribution >= 4 is 11.9 Å². The van der Waals surface area contributed by atoms with Gasteiger partial charge in [0.1, 0.15) is 0 Å². The number of aliphatic hydroxyl groups excluding tert-OH is 1. The van der Waals surface area contributed by atoms with E-state index in [0.29, 0.717) is 37.3 Å². The van der Waals surface area contributed by atoms with Crippen molar-refractivity contribution in [1.29, 1.82) is 0 Å². The number of carbonyl (C=O) groups is 1. The minimum atomic E-state index is -0.969. The summed E-state index contributed by atoms with van der Waals surface area (Å²) >= 11 is 0. The highest BCUT2D eigenvalue weighted by Crippen LogP contribution is 2.72. The van der Waals surface area contributed by atoms with Crippen molar-refractivity contribution in [1.82, 2.24) is 10.6 Å². The summed E-state index contributed by atoms with van der Waals surface area (Å²) in [7, 11) is 1.88. The highest BCUT2D eigenvalue weighted by atomic mass is 16.4. The molecule has 3 rings (SSSR count). The minimum Gasteiger partial charge on any atom is -0.478 e. The van der Waals surface area contributed by atoms with Gasteiger partial charge in [-0.05, 0) is 50.1 Å². The number of carboxylic acid groups (broad SMARTS) is 1. The summed E-state index contributed by atoms with van der Waals surface area (Å²) in [5, 5.41) is 26.3. The highest BCUT2D eigenvalue weighted by Gasteiger charge is 2.68. The smallest absolute Gasteiger partial charge is 0.334 e. The van der Waals surface area contributed by atoms with E-state index in [0.717, 1.165) is 31.4 Å². The van der Waals surface area contributed by atoms with E-state index < -0.39 is 12.1 Å². The molecular weight excluding hydrogens is 332 g/mol. The number of hydrogen-bond donors (Lipinski definition) is 5. The van der Waals surface area contributed by atoms with E-state index in [1.807, 2.05) is 7.05 Å². The molecule has 5 atom stereocenters. The Morgan fingerprint density at radius 3 is 2.77 bits per heavy atom. The number of nitrogens with one attached hydrogen (secondary N) is 2. The lowest BCUT2D eigenvalue weighted by Crippen LogP contribution is -2.50. The lowest BCUT2D eigenvalue weighted by atomic mass is 9.52. The van der Waals surface area contributed by atoms with Gasteiger partial charge in [-0.15, -0.1) is 0 Å². The third kappa shape index (κ3) is 2.63. The zero-order valence-corrected chi connectivity index (χ0v) is 16.0. The van der Waals surface area contributed by atoms with Gasteiger partial charge in [-0.25, -0.2) is 4.79 Å². The number of likely N-dealkylation sites (N-methyl/N-ethyl adjacent to an activating group) is 1. The molecule has 5 unspecified atom stereocenters. The molecule has 0 aromatic rings. The molecule has 0 saturated heterocycles. The molecular formula is C19H32N4O3. The van der Waals surface area contributed by atoms with Crippen LogP contribution in [-0.2, 0) is 4.79 Å². The van der Waals surface area contributed by atoms with E-state index in [4.69, 9.17) is 5.73 Å². The Bertz CT molecular complexity index is 647. The van der Waals surface area contributed by atoms with Crippen LogP contribution in [0.5, 0.6) is 0 Å². The number of hydrogen-bond acceptors (Lipinski definition) is 4. The van der Waals surface area contributed by atoms with Gasteiger partial charge in [0.2, 0.25) is 0 Å². The fourth-order valence-corrected chi connectivity index (χ4v) is 6.02. The van der Waals surface area contributed by atoms with Crippen molar-refractivity contribution < 1.29 is 15.0 Å². The van der Waals surface area contributed by atoms with Crippen LogP contribution >= 0.6 is 0 Å². The zero-order chi connectivity index (χ0) is 19.1. The Labute approximate surface area is 155 Å². The summed E-state index contributed by atoms with van der Waals surface area (Å²) in [5.41, 5.74) is 6.80. The van der Waals surface area contributed by atoms with Gasteiger partial charge in [-0.1, -0.05) is 13.8 Å². The molecule has 1 spiro atoms. The number of nitrogens with two attached hydrogens (primary N) is 1. The summed E-state index contributed by atoms with van der Waals surface area (Å²) in [6, 6.07) is 0. The van der Waals surface area contributed by atoms with Crippen molar-refractivity contribution in [3.8, 4) is 0 Å². The maximum Gasteiger partial charge on any atom is 0.334 e. The van der Waals surface area contributed by atoms with E-state index >= 15 is 0 Å². The van der Waals surface area contributed by atoms with Crippen LogP contribution in [0.15, 0.2) is 16.1 Å². The van der Waals surface area contributed by atoms with Crippen molar-refractivity contribution in [3.05, 3.63) is 11.1 Å². The molecule has 0 aliphatic heterocycles. The predicted octanol–water partition coefficient (Wildman–Crippen LogP) is 0.698. The second kappa shape index (κ2) is 6.85.